The van der Waals surface area contributed by atoms with Gasteiger partial charge >= 0.3 is 0 Å². The van der Waals surface area contributed by atoms with Gasteiger partial charge in [-0.3, -0.25) is 9.69 Å². The van der Waals surface area contributed by atoms with Crippen molar-refractivity contribution in [2.45, 2.75) is 26.4 Å². The molecule has 1 N–H and O–H groups in total. The summed E-state index contributed by atoms with van der Waals surface area (Å²) in [5.74, 6) is 2.96. The van der Waals surface area contributed by atoms with Gasteiger partial charge < -0.3 is 14.6 Å². The Hall–Kier alpha value is -2.71. The zero-order chi connectivity index (χ0) is 20.7. The van der Waals surface area contributed by atoms with E-state index >= 15 is 0 Å². The Bertz CT molecular complexity index is 1060. The van der Waals surface area contributed by atoms with Crippen molar-refractivity contribution in [2.24, 2.45) is 11.8 Å². The van der Waals surface area contributed by atoms with Crippen LogP contribution in [-0.4, -0.2) is 45.8 Å². The average Bonchev–Trinajstić information content (AvgIpc) is 3.45. The van der Waals surface area contributed by atoms with Gasteiger partial charge in [0.1, 0.15) is 11.6 Å². The van der Waals surface area contributed by atoms with Gasteiger partial charge in [0.05, 0.1) is 7.11 Å². The topological polar surface area (TPSA) is 72.3 Å². The molecule has 156 valence electrons. The Morgan fingerprint density at radius 3 is 2.70 bits per heavy atom. The molecule has 2 aliphatic rings. The molecule has 4 heterocycles. The lowest BCUT2D eigenvalue weighted by Gasteiger charge is -2.25. The molecular weight excluding hydrogens is 398 g/mol. The number of aromatic nitrogens is 3. The van der Waals surface area contributed by atoms with Crippen LogP contribution in [0.25, 0.3) is 0 Å². The molecule has 7 nitrogen and oxygen atoms in total. The molecule has 1 aromatic carbocycles. The van der Waals surface area contributed by atoms with Gasteiger partial charge in [-0.1, -0.05) is 0 Å². The summed E-state index contributed by atoms with van der Waals surface area (Å²) in [6.45, 7) is 6.14. The van der Waals surface area contributed by atoms with Crippen LogP contribution in [0.3, 0.4) is 0 Å². The second-order valence-electron chi connectivity index (χ2n) is 8.18. The molecule has 2 atom stereocenters. The number of carbonyl (C=O) groups excluding carboxylic acids is 1. The third-order valence-corrected chi connectivity index (χ3v) is 7.24. The lowest BCUT2D eigenvalue weighted by molar-refractivity contribution is 0.100. The van der Waals surface area contributed by atoms with E-state index in [1.807, 2.05) is 40.2 Å². The first-order valence-corrected chi connectivity index (χ1v) is 11.1. The second kappa shape index (κ2) is 7.85. The van der Waals surface area contributed by atoms with Crippen LogP contribution in [0.1, 0.15) is 26.9 Å². The highest BCUT2D eigenvalue weighted by Gasteiger charge is 2.39. The van der Waals surface area contributed by atoms with E-state index < -0.39 is 0 Å². The Balaban J connectivity index is 1.27. The fraction of sp³-hybridized carbons (Fsp3) is 0.409. The van der Waals surface area contributed by atoms with Crippen LogP contribution in [-0.2, 0) is 19.5 Å². The summed E-state index contributed by atoms with van der Waals surface area (Å²) in [4.78, 5) is 16.8. The number of hydrogen-bond donors (Lipinski definition) is 1. The molecule has 0 radical (unpaired) electrons. The molecular formula is C22H25N5O2S. The van der Waals surface area contributed by atoms with Gasteiger partial charge in [0.25, 0.3) is 5.91 Å². The number of nitrogens with zero attached hydrogens (tertiary/aromatic N) is 4. The fourth-order valence-electron chi connectivity index (χ4n) is 4.55. The predicted octanol–water partition coefficient (Wildman–Crippen LogP) is 3.21. The number of thiophene rings is 1. The number of hydrogen-bond acceptors (Lipinski definition) is 6. The van der Waals surface area contributed by atoms with Crippen molar-refractivity contribution in [3.63, 3.8) is 0 Å². The molecule has 2 aromatic heterocycles. The van der Waals surface area contributed by atoms with Crippen LogP contribution in [0, 0.1) is 18.8 Å². The summed E-state index contributed by atoms with van der Waals surface area (Å²) >= 11 is 1.84. The summed E-state index contributed by atoms with van der Waals surface area (Å²) in [7, 11) is 1.62. The molecule has 1 saturated heterocycles. The van der Waals surface area contributed by atoms with E-state index in [4.69, 9.17) is 4.74 Å². The first-order valence-electron chi connectivity index (χ1n) is 10.2. The zero-order valence-corrected chi connectivity index (χ0v) is 18.0. The summed E-state index contributed by atoms with van der Waals surface area (Å²) in [5.41, 5.74) is 2.09. The third-order valence-electron chi connectivity index (χ3n) is 6.23. The summed E-state index contributed by atoms with van der Waals surface area (Å²) in [6.07, 6.45) is 0.882. The van der Waals surface area contributed by atoms with E-state index in [0.29, 0.717) is 23.3 Å². The molecule has 0 aliphatic carbocycles. The summed E-state index contributed by atoms with van der Waals surface area (Å²) in [5, 5.41) is 13.6. The van der Waals surface area contributed by atoms with E-state index in [0.717, 1.165) is 44.2 Å². The van der Waals surface area contributed by atoms with Crippen molar-refractivity contribution in [1.82, 2.24) is 19.7 Å². The van der Waals surface area contributed by atoms with Crippen molar-refractivity contribution < 1.29 is 9.53 Å². The van der Waals surface area contributed by atoms with Gasteiger partial charge in [-0.2, -0.15) is 0 Å². The van der Waals surface area contributed by atoms with E-state index in [1.54, 1.807) is 7.11 Å². The lowest BCUT2D eigenvalue weighted by atomic mass is 9.89. The first kappa shape index (κ1) is 19.3. The van der Waals surface area contributed by atoms with Gasteiger partial charge in [0.15, 0.2) is 0 Å². The molecule has 0 spiro atoms. The maximum atomic E-state index is 12.8. The van der Waals surface area contributed by atoms with Gasteiger partial charge in [-0.05, 0) is 60.0 Å². The average molecular weight is 424 g/mol. The molecule has 8 heteroatoms. The Morgan fingerprint density at radius 1 is 1.17 bits per heavy atom. The highest BCUT2D eigenvalue weighted by molar-refractivity contribution is 7.10. The molecule has 30 heavy (non-hydrogen) atoms. The number of nitrogens with one attached hydrogen (secondary N) is 1. The van der Waals surface area contributed by atoms with E-state index in [1.165, 1.54) is 10.4 Å². The van der Waals surface area contributed by atoms with Crippen molar-refractivity contribution in [3.8, 4) is 5.75 Å². The number of fused-ring (bicyclic) bond motifs is 2. The zero-order valence-electron chi connectivity index (χ0n) is 17.2. The van der Waals surface area contributed by atoms with Gasteiger partial charge in [0, 0.05) is 43.2 Å². The standard InChI is InChI=1S/C22H25N5O2S/c1-14-7-8-30-19(14)13-26-10-15-9-20-24-25-21(27(20)12-16(15)11-26)22(28)23-17-3-5-18(29-2)6-4-17/h3-8,15-16H,9-13H2,1-2H3,(H,23,28)/t15-,16-/m1/s1. The fourth-order valence-corrected chi connectivity index (χ4v) is 5.50. The number of anilines is 1. The third kappa shape index (κ3) is 3.61. The van der Waals surface area contributed by atoms with E-state index in [-0.39, 0.29) is 5.91 Å². The Labute approximate surface area is 179 Å². The number of methoxy groups -OCH3 is 1. The lowest BCUT2D eigenvalue weighted by Crippen LogP contribution is -2.31. The smallest absolute Gasteiger partial charge is 0.293 e. The van der Waals surface area contributed by atoms with Crippen molar-refractivity contribution in [1.29, 1.82) is 0 Å². The van der Waals surface area contributed by atoms with Crippen LogP contribution >= 0.6 is 11.3 Å². The minimum absolute atomic E-state index is 0.221. The van der Waals surface area contributed by atoms with Crippen molar-refractivity contribution >= 4 is 22.9 Å². The van der Waals surface area contributed by atoms with Gasteiger partial charge in [-0.25, -0.2) is 0 Å². The molecule has 1 amide bonds. The highest BCUT2D eigenvalue weighted by atomic mass is 32.1. The molecule has 1 fully saturated rings. The minimum Gasteiger partial charge on any atom is -0.497 e. The number of rotatable bonds is 5. The number of carbonyl (C=O) groups is 1. The number of ether oxygens (including phenoxy) is 1. The number of benzene rings is 1. The van der Waals surface area contributed by atoms with E-state index in [2.05, 4.69) is 38.8 Å². The number of aryl methyl sites for hydroxylation is 1. The van der Waals surface area contributed by atoms with Crippen molar-refractivity contribution in [3.05, 3.63) is 57.8 Å². The summed E-state index contributed by atoms with van der Waals surface area (Å²) in [6, 6.07) is 9.48. The maximum Gasteiger partial charge on any atom is 0.293 e. The molecule has 0 saturated carbocycles. The monoisotopic (exact) mass is 423 g/mol. The van der Waals surface area contributed by atoms with Gasteiger partial charge in [-0.15, -0.1) is 21.5 Å². The van der Waals surface area contributed by atoms with Crippen LogP contribution in [0.4, 0.5) is 5.69 Å². The highest BCUT2D eigenvalue weighted by Crippen LogP contribution is 2.34. The normalized spacial score (nSPS) is 20.6. The van der Waals surface area contributed by atoms with Crippen LogP contribution in [0.15, 0.2) is 35.7 Å². The summed E-state index contributed by atoms with van der Waals surface area (Å²) < 4.78 is 7.18. The molecule has 2 aliphatic heterocycles. The predicted molar refractivity (Wildman–Crippen MR) is 116 cm³/mol. The molecule has 0 bridgehead atoms. The van der Waals surface area contributed by atoms with Crippen LogP contribution in [0.2, 0.25) is 0 Å². The van der Waals surface area contributed by atoms with Crippen LogP contribution < -0.4 is 10.1 Å². The Kier molecular flexibility index (Phi) is 5.04. The first-order chi connectivity index (χ1) is 14.6. The largest absolute Gasteiger partial charge is 0.497 e. The maximum absolute atomic E-state index is 12.8. The molecule has 3 aromatic rings. The molecule has 5 rings (SSSR count). The van der Waals surface area contributed by atoms with E-state index in [9.17, 15) is 4.79 Å². The number of likely N-dealkylation sites (tertiary alicyclic amines) is 1. The van der Waals surface area contributed by atoms with Gasteiger partial charge in [0.2, 0.25) is 5.82 Å². The number of amides is 1. The van der Waals surface area contributed by atoms with Crippen LogP contribution in [0.5, 0.6) is 5.75 Å². The minimum atomic E-state index is -0.221. The Morgan fingerprint density at radius 2 is 1.97 bits per heavy atom. The SMILES string of the molecule is COc1ccc(NC(=O)c2nnc3n2C[C@H]2CN(Cc4sccc4C)C[C@H]2C3)cc1. The van der Waals surface area contributed by atoms with Crippen molar-refractivity contribution in [2.75, 3.05) is 25.5 Å². The quantitative estimate of drug-likeness (QED) is 0.682. The molecule has 0 unspecified atom stereocenters. The second-order valence-corrected chi connectivity index (χ2v) is 9.18.